The van der Waals surface area contributed by atoms with E-state index in [0.29, 0.717) is 0 Å². The largest absolute Gasteiger partial charge is 0.498 e. The third kappa shape index (κ3) is 17.4. The predicted octanol–water partition coefficient (Wildman–Crippen LogP) is -0.00190. The van der Waals surface area contributed by atoms with Gasteiger partial charge in [-0.05, 0) is 20.8 Å². The van der Waals surface area contributed by atoms with Crippen LogP contribution in [0.4, 0.5) is 0 Å². The maximum absolute atomic E-state index is 11.2. The standard InChI is InChI=1S/C10H14O6.C4H6O3/c1-7(6-15-4-3-11)10(14)16-9(13)5-8(2)12;1-3(5)2-4(6)7/h6,11H,3-5H2,1-2H3;2H2,1H3,(H,6,7). The highest BCUT2D eigenvalue weighted by Gasteiger charge is 2.14. The first-order chi connectivity index (χ1) is 10.6. The molecule has 130 valence electrons. The molecule has 2 N–H and O–H groups in total. The zero-order valence-electron chi connectivity index (χ0n) is 13.2. The summed E-state index contributed by atoms with van der Waals surface area (Å²) in [6, 6.07) is 0. The minimum Gasteiger partial charge on any atom is -0.498 e. The van der Waals surface area contributed by atoms with Crippen molar-refractivity contribution in [1.82, 2.24) is 0 Å². The SMILES string of the molecule is CC(=O)CC(=O)O.CC(=O)CC(=O)OC(=O)C(C)=COCCO. The summed E-state index contributed by atoms with van der Waals surface area (Å²) >= 11 is 0. The fraction of sp³-hybridized carbons (Fsp3) is 0.500. The van der Waals surface area contributed by atoms with Gasteiger partial charge >= 0.3 is 17.9 Å². The number of esters is 2. The number of hydrogen-bond acceptors (Lipinski definition) is 8. The van der Waals surface area contributed by atoms with E-state index in [1.807, 2.05) is 0 Å². The number of aliphatic hydroxyl groups is 1. The van der Waals surface area contributed by atoms with Gasteiger partial charge in [0.15, 0.2) is 0 Å². The summed E-state index contributed by atoms with van der Waals surface area (Å²) < 4.78 is 9.08. The van der Waals surface area contributed by atoms with Crippen LogP contribution in [-0.2, 0) is 33.4 Å². The van der Waals surface area contributed by atoms with E-state index in [2.05, 4.69) is 4.74 Å². The molecule has 0 rings (SSSR count). The van der Waals surface area contributed by atoms with Gasteiger partial charge < -0.3 is 19.7 Å². The van der Waals surface area contributed by atoms with Crippen molar-refractivity contribution in [2.45, 2.75) is 33.6 Å². The van der Waals surface area contributed by atoms with Gasteiger partial charge in [-0.15, -0.1) is 0 Å². The smallest absolute Gasteiger partial charge is 0.344 e. The monoisotopic (exact) mass is 332 g/mol. The lowest BCUT2D eigenvalue weighted by Gasteiger charge is -2.02. The van der Waals surface area contributed by atoms with Crippen molar-refractivity contribution in [2.24, 2.45) is 0 Å². The number of rotatable bonds is 8. The fourth-order valence-corrected chi connectivity index (χ4v) is 0.921. The number of carboxylic acids is 1. The molecule has 23 heavy (non-hydrogen) atoms. The van der Waals surface area contributed by atoms with Crippen molar-refractivity contribution in [2.75, 3.05) is 13.2 Å². The number of aliphatic hydroxyl groups excluding tert-OH is 1. The van der Waals surface area contributed by atoms with Crippen molar-refractivity contribution in [1.29, 1.82) is 0 Å². The molecular formula is C14H20O9. The van der Waals surface area contributed by atoms with E-state index in [-0.39, 0.29) is 36.8 Å². The highest BCUT2D eigenvalue weighted by molar-refractivity contribution is 6.01. The maximum Gasteiger partial charge on any atom is 0.344 e. The molecule has 0 aromatic heterocycles. The number of carbonyl (C=O) groups excluding carboxylic acids is 4. The molecule has 0 fully saturated rings. The van der Waals surface area contributed by atoms with E-state index in [0.717, 1.165) is 6.26 Å². The molecule has 0 radical (unpaired) electrons. The van der Waals surface area contributed by atoms with Gasteiger partial charge in [0.25, 0.3) is 0 Å². The van der Waals surface area contributed by atoms with Crippen LogP contribution in [0, 0.1) is 0 Å². The molecule has 9 nitrogen and oxygen atoms in total. The lowest BCUT2D eigenvalue weighted by Crippen LogP contribution is -2.15. The minimum absolute atomic E-state index is 0.0476. The molecule has 9 heteroatoms. The summed E-state index contributed by atoms with van der Waals surface area (Å²) in [4.78, 5) is 52.1. The van der Waals surface area contributed by atoms with Gasteiger partial charge in [-0.1, -0.05) is 0 Å². The molecule has 0 bridgehead atoms. The topological polar surface area (TPSA) is 144 Å². The van der Waals surface area contributed by atoms with Gasteiger partial charge in [-0.2, -0.15) is 0 Å². The normalized spacial score (nSPS) is 10.0. The van der Waals surface area contributed by atoms with E-state index >= 15 is 0 Å². The molecule has 0 aliphatic heterocycles. The average molecular weight is 332 g/mol. The highest BCUT2D eigenvalue weighted by atomic mass is 16.6. The Labute approximate surface area is 132 Å². The molecule has 0 heterocycles. The average Bonchev–Trinajstić information content (AvgIpc) is 2.36. The molecule has 0 saturated carbocycles. The van der Waals surface area contributed by atoms with Gasteiger partial charge in [0.1, 0.15) is 31.0 Å². The van der Waals surface area contributed by atoms with Gasteiger partial charge in [0.2, 0.25) is 0 Å². The van der Waals surface area contributed by atoms with Crippen molar-refractivity contribution in [3.63, 3.8) is 0 Å². The van der Waals surface area contributed by atoms with Crippen molar-refractivity contribution < 1.29 is 43.7 Å². The number of aliphatic carboxylic acids is 1. The third-order valence-corrected chi connectivity index (χ3v) is 1.79. The van der Waals surface area contributed by atoms with Gasteiger partial charge in [-0.3, -0.25) is 19.2 Å². The van der Waals surface area contributed by atoms with E-state index in [4.69, 9.17) is 14.9 Å². The predicted molar refractivity (Wildman–Crippen MR) is 76.1 cm³/mol. The Morgan fingerprint density at radius 3 is 1.83 bits per heavy atom. The minimum atomic E-state index is -1.06. The second kappa shape index (κ2) is 13.1. The van der Waals surface area contributed by atoms with Gasteiger partial charge in [-0.25, -0.2) is 4.79 Å². The zero-order valence-corrected chi connectivity index (χ0v) is 13.2. The van der Waals surface area contributed by atoms with Crippen LogP contribution in [0.25, 0.3) is 0 Å². The van der Waals surface area contributed by atoms with Gasteiger partial charge in [0.05, 0.1) is 18.4 Å². The van der Waals surface area contributed by atoms with Crippen LogP contribution >= 0.6 is 0 Å². The number of hydrogen-bond donors (Lipinski definition) is 2. The van der Waals surface area contributed by atoms with Crippen LogP contribution in [0.15, 0.2) is 11.8 Å². The molecular weight excluding hydrogens is 312 g/mol. The molecule has 0 amide bonds. The van der Waals surface area contributed by atoms with Crippen molar-refractivity contribution >= 4 is 29.5 Å². The first-order valence-corrected chi connectivity index (χ1v) is 6.45. The Morgan fingerprint density at radius 1 is 0.957 bits per heavy atom. The van der Waals surface area contributed by atoms with Crippen LogP contribution < -0.4 is 0 Å². The lowest BCUT2D eigenvalue weighted by atomic mass is 10.3. The Morgan fingerprint density at radius 2 is 1.48 bits per heavy atom. The van der Waals surface area contributed by atoms with E-state index in [9.17, 15) is 24.0 Å². The zero-order chi connectivity index (χ0) is 18.4. The quantitative estimate of drug-likeness (QED) is 0.206. The number of Topliss-reactive ketones (excluding diaryl/α,β-unsaturated/α-hetero) is 2. The van der Waals surface area contributed by atoms with Crippen molar-refractivity contribution in [3.8, 4) is 0 Å². The van der Waals surface area contributed by atoms with Crippen molar-refractivity contribution in [3.05, 3.63) is 11.8 Å². The van der Waals surface area contributed by atoms with Crippen LogP contribution in [0.3, 0.4) is 0 Å². The number of carbonyl (C=O) groups is 5. The summed E-state index contributed by atoms with van der Waals surface area (Å²) in [6.07, 6.45) is 0.288. The summed E-state index contributed by atoms with van der Waals surface area (Å²) in [5.41, 5.74) is 0.0744. The fourth-order valence-electron chi connectivity index (χ4n) is 0.921. The molecule has 0 aromatic carbocycles. The van der Waals surface area contributed by atoms with Gasteiger partial charge in [0, 0.05) is 0 Å². The first kappa shape index (κ1) is 22.7. The third-order valence-electron chi connectivity index (χ3n) is 1.79. The summed E-state index contributed by atoms with van der Waals surface area (Å²) in [7, 11) is 0. The number of carboxylic acid groups (broad SMARTS) is 1. The first-order valence-electron chi connectivity index (χ1n) is 6.45. The van der Waals surface area contributed by atoms with E-state index in [1.165, 1.54) is 20.8 Å². The summed E-state index contributed by atoms with van der Waals surface area (Å²) in [6.45, 7) is 3.72. The maximum atomic E-state index is 11.2. The number of ether oxygens (including phenoxy) is 2. The van der Waals surface area contributed by atoms with Crippen LogP contribution in [0.5, 0.6) is 0 Å². The molecule has 0 aliphatic rings. The Bertz CT molecular complexity index is 465. The summed E-state index contributed by atoms with van der Waals surface area (Å²) in [5.74, 6) is -3.52. The second-order valence-electron chi connectivity index (χ2n) is 4.31. The molecule has 0 atom stereocenters. The van der Waals surface area contributed by atoms with Crippen LogP contribution in [0.1, 0.15) is 33.6 Å². The summed E-state index contributed by atoms with van der Waals surface area (Å²) in [5, 5.41) is 16.3. The Kier molecular flexibility index (Phi) is 13.0. The molecule has 0 aromatic rings. The number of ketones is 2. The van der Waals surface area contributed by atoms with Crippen LogP contribution in [-0.4, -0.2) is 52.9 Å². The Balaban J connectivity index is 0. The van der Waals surface area contributed by atoms with Crippen LogP contribution in [0.2, 0.25) is 0 Å². The Hall–Kier alpha value is -2.55. The van der Waals surface area contributed by atoms with E-state index in [1.54, 1.807) is 0 Å². The molecule has 0 aliphatic carbocycles. The molecule has 0 saturated heterocycles. The second-order valence-corrected chi connectivity index (χ2v) is 4.31. The molecule has 0 spiro atoms. The lowest BCUT2D eigenvalue weighted by molar-refractivity contribution is -0.157. The van der Waals surface area contributed by atoms with E-state index < -0.39 is 24.3 Å². The molecule has 0 unspecified atom stereocenters. The highest BCUT2D eigenvalue weighted by Crippen LogP contribution is 1.99.